The highest BCUT2D eigenvalue weighted by Gasteiger charge is 2.63. The minimum absolute atomic E-state index is 0.0764. The van der Waals surface area contributed by atoms with Crippen molar-refractivity contribution in [2.24, 2.45) is 4.99 Å². The van der Waals surface area contributed by atoms with Crippen LogP contribution in [0.15, 0.2) is 28.8 Å². The van der Waals surface area contributed by atoms with Crippen molar-refractivity contribution in [3.05, 3.63) is 23.8 Å². The Morgan fingerprint density at radius 3 is 3.42 bits per heavy atom. The van der Waals surface area contributed by atoms with E-state index in [1.165, 1.54) is 5.57 Å². The van der Waals surface area contributed by atoms with Crippen molar-refractivity contribution in [1.82, 2.24) is 0 Å². The minimum Gasteiger partial charge on any atom is -0.354 e. The standard InChI is InChI=1S/C10H11NO/c1-2-7-3-4-8-10(7)9(12-10)5-6-11-8/h2-4,9H,5-6H2,1H3/b7-2-/t9-,10+/m1/s1. The maximum atomic E-state index is 5.73. The number of aliphatic imine (C=N–C) groups is 1. The second kappa shape index (κ2) is 1.88. The average Bonchev–Trinajstić information content (AvgIpc) is 2.72. The van der Waals surface area contributed by atoms with Crippen LogP contribution in [0.5, 0.6) is 0 Å². The van der Waals surface area contributed by atoms with Crippen molar-refractivity contribution in [1.29, 1.82) is 0 Å². The summed E-state index contributed by atoms with van der Waals surface area (Å²) in [5.41, 5.74) is 2.37. The Balaban J connectivity index is 2.14. The lowest BCUT2D eigenvalue weighted by Gasteiger charge is -2.12. The maximum absolute atomic E-state index is 5.73. The van der Waals surface area contributed by atoms with Gasteiger partial charge in [0.1, 0.15) is 6.10 Å². The topological polar surface area (TPSA) is 24.9 Å². The number of rotatable bonds is 0. The van der Waals surface area contributed by atoms with Crippen molar-refractivity contribution < 1.29 is 4.74 Å². The van der Waals surface area contributed by atoms with Gasteiger partial charge in [-0.15, -0.1) is 0 Å². The Kier molecular flexibility index (Phi) is 1.04. The third-order valence-corrected chi connectivity index (χ3v) is 2.94. The van der Waals surface area contributed by atoms with E-state index in [1.54, 1.807) is 0 Å². The maximum Gasteiger partial charge on any atom is 0.161 e. The summed E-state index contributed by atoms with van der Waals surface area (Å²) in [5, 5.41) is 0. The number of nitrogens with zero attached hydrogens (tertiary/aromatic N) is 1. The van der Waals surface area contributed by atoms with Gasteiger partial charge < -0.3 is 4.74 Å². The molecule has 3 aliphatic rings. The zero-order valence-electron chi connectivity index (χ0n) is 7.08. The molecule has 1 aliphatic carbocycles. The molecular weight excluding hydrogens is 150 g/mol. The third kappa shape index (κ3) is 0.547. The SMILES string of the molecule is C/C=C1/C=CC2=NCC[C@H]3O[C@]213. The highest BCUT2D eigenvalue weighted by atomic mass is 16.6. The van der Waals surface area contributed by atoms with Gasteiger partial charge in [0.25, 0.3) is 0 Å². The van der Waals surface area contributed by atoms with Crippen molar-refractivity contribution in [3.63, 3.8) is 0 Å². The van der Waals surface area contributed by atoms with E-state index < -0.39 is 0 Å². The number of hydrogen-bond acceptors (Lipinski definition) is 2. The molecule has 3 rings (SSSR count). The van der Waals surface area contributed by atoms with Crippen LogP contribution in [0.3, 0.4) is 0 Å². The normalized spacial score (nSPS) is 45.6. The van der Waals surface area contributed by atoms with Crippen LogP contribution >= 0.6 is 0 Å². The lowest BCUT2D eigenvalue weighted by Crippen LogP contribution is -2.27. The predicted octanol–water partition coefficient (Wildman–Crippen LogP) is 1.48. The van der Waals surface area contributed by atoms with Crippen molar-refractivity contribution in [2.45, 2.75) is 25.0 Å². The van der Waals surface area contributed by atoms with Crippen LogP contribution in [0.1, 0.15) is 13.3 Å². The molecule has 2 aliphatic heterocycles. The second-order valence-electron chi connectivity index (χ2n) is 3.48. The Bertz CT molecular complexity index is 327. The summed E-state index contributed by atoms with van der Waals surface area (Å²) in [5.74, 6) is 0. The number of epoxide rings is 1. The molecular formula is C10H11NO. The Morgan fingerprint density at radius 1 is 1.67 bits per heavy atom. The van der Waals surface area contributed by atoms with Gasteiger partial charge in [-0.2, -0.15) is 0 Å². The van der Waals surface area contributed by atoms with Gasteiger partial charge >= 0.3 is 0 Å². The molecule has 0 aromatic carbocycles. The smallest absolute Gasteiger partial charge is 0.161 e. The predicted molar refractivity (Wildman–Crippen MR) is 47.4 cm³/mol. The van der Waals surface area contributed by atoms with E-state index in [1.807, 2.05) is 0 Å². The summed E-state index contributed by atoms with van der Waals surface area (Å²) in [6.45, 7) is 2.99. The molecule has 0 aromatic rings. The lowest BCUT2D eigenvalue weighted by molar-refractivity contribution is 0.364. The Morgan fingerprint density at radius 2 is 2.58 bits per heavy atom. The molecule has 0 radical (unpaired) electrons. The summed E-state index contributed by atoms with van der Waals surface area (Å²) in [7, 11) is 0. The van der Waals surface area contributed by atoms with E-state index in [0.717, 1.165) is 18.7 Å². The highest BCUT2D eigenvalue weighted by Crippen LogP contribution is 2.51. The Labute approximate surface area is 71.6 Å². The molecule has 0 bridgehead atoms. The van der Waals surface area contributed by atoms with Gasteiger partial charge in [0.15, 0.2) is 5.60 Å². The molecule has 62 valence electrons. The molecule has 2 heteroatoms. The van der Waals surface area contributed by atoms with Gasteiger partial charge in [-0.3, -0.25) is 4.99 Å². The van der Waals surface area contributed by atoms with Crippen LogP contribution in [0.25, 0.3) is 0 Å². The summed E-state index contributed by atoms with van der Waals surface area (Å²) in [4.78, 5) is 4.47. The van der Waals surface area contributed by atoms with Crippen molar-refractivity contribution in [3.8, 4) is 0 Å². The highest BCUT2D eigenvalue weighted by molar-refractivity contribution is 6.11. The molecule has 2 atom stereocenters. The average molecular weight is 161 g/mol. The van der Waals surface area contributed by atoms with Gasteiger partial charge in [0.05, 0.1) is 5.71 Å². The molecule has 0 aromatic heterocycles. The Hall–Kier alpha value is -0.890. The summed E-state index contributed by atoms with van der Waals surface area (Å²) < 4.78 is 5.73. The fourth-order valence-electron chi connectivity index (χ4n) is 2.28. The van der Waals surface area contributed by atoms with E-state index in [0.29, 0.717) is 6.10 Å². The molecule has 2 heterocycles. The minimum atomic E-state index is -0.0764. The molecule has 0 saturated carbocycles. The molecule has 1 saturated heterocycles. The molecule has 12 heavy (non-hydrogen) atoms. The first kappa shape index (κ1) is 6.61. The van der Waals surface area contributed by atoms with Gasteiger partial charge in [-0.25, -0.2) is 0 Å². The van der Waals surface area contributed by atoms with E-state index in [2.05, 4.69) is 30.1 Å². The van der Waals surface area contributed by atoms with Crippen molar-refractivity contribution >= 4 is 5.71 Å². The second-order valence-corrected chi connectivity index (χ2v) is 3.48. The summed E-state index contributed by atoms with van der Waals surface area (Å²) >= 11 is 0. The molecule has 1 fully saturated rings. The number of ether oxygens (including phenoxy) is 1. The fraction of sp³-hybridized carbons (Fsp3) is 0.500. The largest absolute Gasteiger partial charge is 0.354 e. The first-order valence-electron chi connectivity index (χ1n) is 4.45. The van der Waals surface area contributed by atoms with Crippen LogP contribution in [0.2, 0.25) is 0 Å². The van der Waals surface area contributed by atoms with E-state index in [4.69, 9.17) is 4.74 Å². The zero-order valence-corrected chi connectivity index (χ0v) is 7.08. The molecule has 0 amide bonds. The third-order valence-electron chi connectivity index (χ3n) is 2.94. The lowest BCUT2D eigenvalue weighted by atomic mass is 9.92. The number of allylic oxidation sites excluding steroid dienone is 1. The first-order chi connectivity index (χ1) is 5.88. The number of hydrogen-bond donors (Lipinski definition) is 0. The van der Waals surface area contributed by atoms with Crippen LogP contribution in [0.4, 0.5) is 0 Å². The summed E-state index contributed by atoms with van der Waals surface area (Å²) in [6.07, 6.45) is 7.86. The van der Waals surface area contributed by atoms with Gasteiger partial charge in [0.2, 0.25) is 0 Å². The van der Waals surface area contributed by atoms with E-state index >= 15 is 0 Å². The van der Waals surface area contributed by atoms with Crippen molar-refractivity contribution in [2.75, 3.05) is 6.54 Å². The van der Waals surface area contributed by atoms with E-state index in [-0.39, 0.29) is 5.60 Å². The molecule has 0 unspecified atom stereocenters. The van der Waals surface area contributed by atoms with E-state index in [9.17, 15) is 0 Å². The quantitative estimate of drug-likeness (QED) is 0.494. The zero-order chi connectivity index (χ0) is 8.18. The molecule has 0 N–H and O–H groups in total. The van der Waals surface area contributed by atoms with Crippen LogP contribution in [-0.2, 0) is 4.74 Å². The molecule has 1 spiro atoms. The fourth-order valence-corrected chi connectivity index (χ4v) is 2.28. The van der Waals surface area contributed by atoms with Gasteiger partial charge in [0, 0.05) is 6.54 Å². The summed E-state index contributed by atoms with van der Waals surface area (Å²) in [6, 6.07) is 0. The van der Waals surface area contributed by atoms with Crippen LogP contribution in [-0.4, -0.2) is 24.0 Å². The molecule has 2 nitrogen and oxygen atoms in total. The first-order valence-corrected chi connectivity index (χ1v) is 4.45. The van der Waals surface area contributed by atoms with Crippen LogP contribution < -0.4 is 0 Å². The van der Waals surface area contributed by atoms with Gasteiger partial charge in [-0.1, -0.05) is 12.2 Å². The monoisotopic (exact) mass is 161 g/mol. The van der Waals surface area contributed by atoms with Gasteiger partial charge in [-0.05, 0) is 25.0 Å². The van der Waals surface area contributed by atoms with Crippen LogP contribution in [0, 0.1) is 0 Å².